The molecule has 0 radical (unpaired) electrons. The van der Waals surface area contributed by atoms with Crippen LogP contribution in [0.25, 0.3) is 0 Å². The van der Waals surface area contributed by atoms with E-state index in [1.54, 1.807) is 0 Å². The van der Waals surface area contributed by atoms with Gasteiger partial charge in [-0.2, -0.15) is 0 Å². The highest BCUT2D eigenvalue weighted by atomic mass is 16.5. The second-order valence-electron chi connectivity index (χ2n) is 9.40. The molecule has 0 aromatic heterocycles. The number of carbonyl (C=O) groups is 1. The summed E-state index contributed by atoms with van der Waals surface area (Å²) in [6, 6.07) is 0. The molecule has 0 N–H and O–H groups in total. The molecule has 0 rings (SSSR count). The van der Waals surface area contributed by atoms with E-state index in [2.05, 4.69) is 13.8 Å². The molecule has 0 heterocycles. The summed E-state index contributed by atoms with van der Waals surface area (Å²) in [7, 11) is 0. The summed E-state index contributed by atoms with van der Waals surface area (Å²) in [5.74, 6) is 0.0222. The smallest absolute Gasteiger partial charge is 0.305 e. The minimum Gasteiger partial charge on any atom is -0.466 e. The molecule has 0 aromatic carbocycles. The summed E-state index contributed by atoms with van der Waals surface area (Å²) in [6.45, 7) is 5.18. The van der Waals surface area contributed by atoms with Gasteiger partial charge in [-0.15, -0.1) is 0 Å². The number of esters is 1. The molecule has 0 aliphatic carbocycles. The van der Waals surface area contributed by atoms with Crippen LogP contribution in [-0.4, -0.2) is 12.6 Å². The lowest BCUT2D eigenvalue weighted by molar-refractivity contribution is -0.143. The predicted octanol–water partition coefficient (Wildman–Crippen LogP) is 9.93. The van der Waals surface area contributed by atoms with Crippen molar-refractivity contribution < 1.29 is 9.53 Å². The zero-order chi connectivity index (χ0) is 22.0. The summed E-state index contributed by atoms with van der Waals surface area (Å²) in [5.41, 5.74) is 0. The Morgan fingerprint density at radius 1 is 0.433 bits per heavy atom. The monoisotopic (exact) mass is 424 g/mol. The summed E-state index contributed by atoms with van der Waals surface area (Å²) in [5, 5.41) is 0. The topological polar surface area (TPSA) is 26.3 Å². The normalized spacial score (nSPS) is 11.1. The molecule has 0 fully saturated rings. The first-order valence-corrected chi connectivity index (χ1v) is 14.0. The van der Waals surface area contributed by atoms with Crippen LogP contribution < -0.4 is 0 Å². The van der Waals surface area contributed by atoms with Crippen molar-refractivity contribution in [3.63, 3.8) is 0 Å². The molecule has 0 saturated heterocycles. The van der Waals surface area contributed by atoms with Crippen LogP contribution in [0, 0.1) is 0 Å². The van der Waals surface area contributed by atoms with Crippen LogP contribution in [0.2, 0.25) is 0 Å². The largest absolute Gasteiger partial charge is 0.466 e. The van der Waals surface area contributed by atoms with Crippen LogP contribution in [0.4, 0.5) is 0 Å². The molecule has 0 aromatic rings. The van der Waals surface area contributed by atoms with Crippen molar-refractivity contribution in [3.8, 4) is 0 Å². The van der Waals surface area contributed by atoms with Gasteiger partial charge >= 0.3 is 5.97 Å². The molecule has 2 heteroatoms. The molecule has 30 heavy (non-hydrogen) atoms. The molecule has 0 amide bonds. The van der Waals surface area contributed by atoms with Gasteiger partial charge in [-0.05, 0) is 12.8 Å². The molecule has 0 spiro atoms. The number of rotatable bonds is 25. The van der Waals surface area contributed by atoms with E-state index >= 15 is 0 Å². The summed E-state index contributed by atoms with van der Waals surface area (Å²) < 4.78 is 5.38. The highest BCUT2D eigenvalue weighted by Crippen LogP contribution is 2.13. The highest BCUT2D eigenvalue weighted by molar-refractivity contribution is 5.69. The van der Waals surface area contributed by atoms with Gasteiger partial charge in [0.1, 0.15) is 0 Å². The van der Waals surface area contributed by atoms with Gasteiger partial charge in [0.25, 0.3) is 0 Å². The molecule has 0 atom stereocenters. The minimum atomic E-state index is 0.0222. The Hall–Kier alpha value is -0.530. The van der Waals surface area contributed by atoms with E-state index in [4.69, 9.17) is 4.74 Å². The third-order valence-electron chi connectivity index (χ3n) is 6.25. The molecule has 0 saturated carbocycles. The van der Waals surface area contributed by atoms with E-state index in [9.17, 15) is 4.79 Å². The van der Waals surface area contributed by atoms with Crippen molar-refractivity contribution in [1.82, 2.24) is 0 Å². The first kappa shape index (κ1) is 29.5. The summed E-state index contributed by atoms with van der Waals surface area (Å²) in [6.07, 6.45) is 31.3. The Bertz CT molecular complexity index is 327. The van der Waals surface area contributed by atoms with Gasteiger partial charge in [-0.3, -0.25) is 4.79 Å². The average molecular weight is 425 g/mol. The fourth-order valence-corrected chi connectivity index (χ4v) is 4.13. The second kappa shape index (κ2) is 26.5. The Morgan fingerprint density at radius 3 is 1.10 bits per heavy atom. The van der Waals surface area contributed by atoms with Gasteiger partial charge in [0.15, 0.2) is 0 Å². The molecular weight excluding hydrogens is 368 g/mol. The molecule has 180 valence electrons. The summed E-state index contributed by atoms with van der Waals surface area (Å²) in [4.78, 5) is 11.8. The van der Waals surface area contributed by atoms with Crippen molar-refractivity contribution >= 4 is 5.97 Å². The Balaban J connectivity index is 3.13. The van der Waals surface area contributed by atoms with Gasteiger partial charge in [0.2, 0.25) is 0 Å². The molecule has 0 aliphatic heterocycles. The van der Waals surface area contributed by atoms with Gasteiger partial charge in [0, 0.05) is 6.42 Å². The highest BCUT2D eigenvalue weighted by Gasteiger charge is 2.02. The number of ether oxygens (including phenoxy) is 1. The van der Waals surface area contributed by atoms with Crippen molar-refractivity contribution in [2.75, 3.05) is 6.61 Å². The predicted molar refractivity (Wildman–Crippen MR) is 133 cm³/mol. The van der Waals surface area contributed by atoms with E-state index in [0.717, 1.165) is 12.8 Å². The van der Waals surface area contributed by atoms with Gasteiger partial charge in [-0.25, -0.2) is 0 Å². The number of hydrogen-bond donors (Lipinski definition) is 0. The third-order valence-corrected chi connectivity index (χ3v) is 6.25. The van der Waals surface area contributed by atoms with Crippen LogP contribution in [0.5, 0.6) is 0 Å². The first-order valence-electron chi connectivity index (χ1n) is 14.0. The molecule has 2 nitrogen and oxygen atoms in total. The van der Waals surface area contributed by atoms with E-state index < -0.39 is 0 Å². The maximum Gasteiger partial charge on any atom is 0.305 e. The van der Waals surface area contributed by atoms with E-state index in [1.807, 2.05) is 0 Å². The number of hydrogen-bond acceptors (Lipinski definition) is 2. The number of carbonyl (C=O) groups excluding carboxylic acids is 1. The molecule has 0 aliphatic rings. The lowest BCUT2D eigenvalue weighted by atomic mass is 10.0. The zero-order valence-electron chi connectivity index (χ0n) is 21.0. The molecule has 0 unspecified atom stereocenters. The van der Waals surface area contributed by atoms with E-state index in [1.165, 1.54) is 135 Å². The van der Waals surface area contributed by atoms with Crippen molar-refractivity contribution in [1.29, 1.82) is 0 Å². The minimum absolute atomic E-state index is 0.0222. The van der Waals surface area contributed by atoms with E-state index in [-0.39, 0.29) is 5.97 Å². The van der Waals surface area contributed by atoms with Crippen molar-refractivity contribution in [2.24, 2.45) is 0 Å². The Labute approximate surface area is 190 Å². The Morgan fingerprint density at radius 2 is 0.733 bits per heavy atom. The van der Waals surface area contributed by atoms with Crippen molar-refractivity contribution in [3.05, 3.63) is 0 Å². The lowest BCUT2D eigenvalue weighted by Gasteiger charge is -2.06. The van der Waals surface area contributed by atoms with Crippen LogP contribution in [0.1, 0.15) is 168 Å². The first-order chi connectivity index (χ1) is 14.8. The fraction of sp³-hybridized carbons (Fsp3) is 0.964. The van der Waals surface area contributed by atoms with Crippen LogP contribution in [0.15, 0.2) is 0 Å². The van der Waals surface area contributed by atoms with Crippen LogP contribution in [-0.2, 0) is 9.53 Å². The van der Waals surface area contributed by atoms with Crippen molar-refractivity contribution in [2.45, 2.75) is 168 Å². The Kier molecular flexibility index (Phi) is 26.0. The molecular formula is C28H56O2. The van der Waals surface area contributed by atoms with Gasteiger partial charge in [-0.1, -0.05) is 149 Å². The number of unbranched alkanes of at least 4 members (excludes halogenated alkanes) is 21. The zero-order valence-corrected chi connectivity index (χ0v) is 21.0. The maximum atomic E-state index is 11.8. The average Bonchev–Trinajstić information content (AvgIpc) is 2.75. The van der Waals surface area contributed by atoms with E-state index in [0.29, 0.717) is 13.0 Å². The standard InChI is InChI=1S/C28H56O2/c1-3-5-7-9-11-13-15-16-17-18-20-22-24-26-28(29)30-27-25-23-21-19-14-12-10-8-6-4-2/h3-27H2,1-2H3. The van der Waals surface area contributed by atoms with Crippen LogP contribution >= 0.6 is 0 Å². The lowest BCUT2D eigenvalue weighted by Crippen LogP contribution is -2.05. The summed E-state index contributed by atoms with van der Waals surface area (Å²) >= 11 is 0. The van der Waals surface area contributed by atoms with Crippen LogP contribution in [0.3, 0.4) is 0 Å². The fourth-order valence-electron chi connectivity index (χ4n) is 4.13. The third kappa shape index (κ3) is 25.5. The van der Waals surface area contributed by atoms with Gasteiger partial charge < -0.3 is 4.74 Å². The SMILES string of the molecule is CCCCCCCCCCCCCCCC(=O)OCCCCCCCCCCCC. The quantitative estimate of drug-likeness (QED) is 0.108. The second-order valence-corrected chi connectivity index (χ2v) is 9.40. The molecule has 0 bridgehead atoms. The van der Waals surface area contributed by atoms with Gasteiger partial charge in [0.05, 0.1) is 6.61 Å². The maximum absolute atomic E-state index is 11.8.